The molecule has 1 aromatic rings. The summed E-state index contributed by atoms with van der Waals surface area (Å²) >= 11 is 1.88. The molecule has 0 fully saturated rings. The molecule has 1 heterocycles. The van der Waals surface area contributed by atoms with Crippen LogP contribution in [0.15, 0.2) is 35.3 Å². The molecule has 0 bridgehead atoms. The minimum absolute atomic E-state index is 0.220. The number of amidine groups is 1. The van der Waals surface area contributed by atoms with Crippen molar-refractivity contribution in [3.63, 3.8) is 0 Å². The predicted molar refractivity (Wildman–Crippen MR) is 85.8 cm³/mol. The lowest BCUT2D eigenvalue weighted by molar-refractivity contribution is 0.342. The van der Waals surface area contributed by atoms with Gasteiger partial charge in [0.05, 0.1) is 11.8 Å². The summed E-state index contributed by atoms with van der Waals surface area (Å²) in [6, 6.07) is 10.7. The molecule has 0 aromatic heterocycles. The molecule has 19 heavy (non-hydrogen) atoms. The number of hydrogen-bond donors (Lipinski definition) is 1. The summed E-state index contributed by atoms with van der Waals surface area (Å²) in [7, 11) is 0. The Bertz CT molecular complexity index is 415. The van der Waals surface area contributed by atoms with Gasteiger partial charge in [0, 0.05) is 5.54 Å². The first-order valence-corrected chi connectivity index (χ1v) is 8.15. The number of hydrogen-bond acceptors (Lipinski definition) is 3. The highest BCUT2D eigenvalue weighted by Crippen LogP contribution is 2.35. The molecule has 2 nitrogen and oxygen atoms in total. The van der Waals surface area contributed by atoms with Gasteiger partial charge in [0.15, 0.2) is 5.17 Å². The topological polar surface area (TPSA) is 24.4 Å². The van der Waals surface area contributed by atoms with Crippen molar-refractivity contribution in [1.29, 1.82) is 0 Å². The van der Waals surface area contributed by atoms with E-state index in [0.29, 0.717) is 5.25 Å². The monoisotopic (exact) mass is 276 g/mol. The second-order valence-corrected chi connectivity index (χ2v) is 6.32. The van der Waals surface area contributed by atoms with Crippen LogP contribution in [0.2, 0.25) is 0 Å². The highest BCUT2D eigenvalue weighted by molar-refractivity contribution is 8.14. The van der Waals surface area contributed by atoms with Gasteiger partial charge in [-0.2, -0.15) is 0 Å². The maximum absolute atomic E-state index is 4.69. The molecule has 0 aliphatic carbocycles. The third kappa shape index (κ3) is 3.33. The van der Waals surface area contributed by atoms with Gasteiger partial charge in [0.1, 0.15) is 0 Å². The molecule has 104 valence electrons. The predicted octanol–water partition coefficient (Wildman–Crippen LogP) is 4.39. The van der Waals surface area contributed by atoms with Crippen molar-refractivity contribution >= 4 is 16.9 Å². The summed E-state index contributed by atoms with van der Waals surface area (Å²) in [5.74, 6) is 0. The van der Waals surface area contributed by atoms with E-state index in [0.717, 1.165) is 31.0 Å². The van der Waals surface area contributed by atoms with E-state index in [1.165, 1.54) is 5.56 Å². The lowest BCUT2D eigenvalue weighted by atomic mass is 9.90. The summed E-state index contributed by atoms with van der Waals surface area (Å²) in [6.07, 6.45) is 3.45. The van der Waals surface area contributed by atoms with Gasteiger partial charge < -0.3 is 5.32 Å². The largest absolute Gasteiger partial charge is 0.360 e. The zero-order valence-corrected chi connectivity index (χ0v) is 13.0. The second-order valence-electron chi connectivity index (χ2n) is 5.13. The fraction of sp³-hybridized carbons (Fsp3) is 0.562. The molecule has 0 saturated heterocycles. The van der Waals surface area contributed by atoms with Crippen LogP contribution in [0.5, 0.6) is 0 Å². The molecule has 0 spiro atoms. The molecule has 1 aliphatic rings. The standard InChI is InChI=1S/C16H24N2S/c1-4-16(5-2,6-3)18-15-17-12-14(19-15)13-10-8-7-9-11-13/h7-11,14H,4-6,12H2,1-3H3,(H,17,18). The summed E-state index contributed by atoms with van der Waals surface area (Å²) in [4.78, 5) is 4.69. The summed E-state index contributed by atoms with van der Waals surface area (Å²) in [5.41, 5.74) is 1.60. The van der Waals surface area contributed by atoms with Crippen molar-refractivity contribution < 1.29 is 0 Å². The zero-order valence-electron chi connectivity index (χ0n) is 12.1. The maximum atomic E-state index is 4.69. The highest BCUT2D eigenvalue weighted by atomic mass is 32.2. The molecular weight excluding hydrogens is 252 g/mol. The van der Waals surface area contributed by atoms with Crippen molar-refractivity contribution in [2.45, 2.75) is 50.8 Å². The van der Waals surface area contributed by atoms with Crippen LogP contribution < -0.4 is 5.32 Å². The minimum atomic E-state index is 0.220. The van der Waals surface area contributed by atoms with Gasteiger partial charge in [0.2, 0.25) is 0 Å². The van der Waals surface area contributed by atoms with E-state index < -0.39 is 0 Å². The van der Waals surface area contributed by atoms with Crippen LogP contribution >= 0.6 is 11.8 Å². The third-order valence-corrected chi connectivity index (χ3v) is 5.39. The molecule has 0 radical (unpaired) electrons. The Labute approximate surface area is 121 Å². The van der Waals surface area contributed by atoms with Gasteiger partial charge >= 0.3 is 0 Å². The average Bonchev–Trinajstić information content (AvgIpc) is 2.94. The Morgan fingerprint density at radius 1 is 1.16 bits per heavy atom. The molecule has 1 aliphatic heterocycles. The van der Waals surface area contributed by atoms with E-state index in [4.69, 9.17) is 4.99 Å². The number of rotatable bonds is 5. The van der Waals surface area contributed by atoms with Crippen molar-refractivity contribution in [1.82, 2.24) is 5.32 Å². The first kappa shape index (κ1) is 14.4. The smallest absolute Gasteiger partial charge is 0.157 e. The SMILES string of the molecule is CCC(CC)(CC)NC1=NCC(c2ccccc2)S1. The Morgan fingerprint density at radius 3 is 2.37 bits per heavy atom. The zero-order chi connectivity index (χ0) is 13.7. The van der Waals surface area contributed by atoms with E-state index in [9.17, 15) is 0 Å². The number of nitrogens with one attached hydrogen (secondary N) is 1. The van der Waals surface area contributed by atoms with Crippen LogP contribution in [0.1, 0.15) is 50.8 Å². The second kappa shape index (κ2) is 6.47. The van der Waals surface area contributed by atoms with Crippen molar-refractivity contribution in [3.8, 4) is 0 Å². The maximum Gasteiger partial charge on any atom is 0.157 e. The van der Waals surface area contributed by atoms with Gasteiger partial charge in [0.25, 0.3) is 0 Å². The van der Waals surface area contributed by atoms with Crippen LogP contribution in [0, 0.1) is 0 Å². The normalized spacial score (nSPS) is 19.3. The first-order chi connectivity index (χ1) is 9.23. The molecule has 3 heteroatoms. The van der Waals surface area contributed by atoms with Crippen LogP contribution in [0.3, 0.4) is 0 Å². The number of thioether (sulfide) groups is 1. The van der Waals surface area contributed by atoms with Gasteiger partial charge in [-0.1, -0.05) is 62.9 Å². The van der Waals surface area contributed by atoms with Gasteiger partial charge in [-0.3, -0.25) is 4.99 Å². The molecule has 1 aromatic carbocycles. The lowest BCUT2D eigenvalue weighted by Crippen LogP contribution is -2.45. The number of benzene rings is 1. The lowest BCUT2D eigenvalue weighted by Gasteiger charge is -2.32. The molecule has 0 saturated carbocycles. The molecule has 1 atom stereocenters. The van der Waals surface area contributed by atoms with Crippen LogP contribution in [-0.4, -0.2) is 17.3 Å². The average molecular weight is 276 g/mol. The summed E-state index contributed by atoms with van der Waals surface area (Å²) < 4.78 is 0. The quantitative estimate of drug-likeness (QED) is 0.862. The summed E-state index contributed by atoms with van der Waals surface area (Å²) in [6.45, 7) is 7.67. The Kier molecular flexibility index (Phi) is 4.92. The Morgan fingerprint density at radius 2 is 1.79 bits per heavy atom. The van der Waals surface area contributed by atoms with E-state index in [-0.39, 0.29) is 5.54 Å². The third-order valence-electron chi connectivity index (χ3n) is 4.23. The molecule has 1 N–H and O–H groups in total. The molecular formula is C16H24N2S. The van der Waals surface area contributed by atoms with Crippen LogP contribution in [0.4, 0.5) is 0 Å². The van der Waals surface area contributed by atoms with E-state index in [2.05, 4.69) is 56.4 Å². The van der Waals surface area contributed by atoms with E-state index in [1.807, 2.05) is 11.8 Å². The Hall–Kier alpha value is -0.960. The van der Waals surface area contributed by atoms with Crippen molar-refractivity contribution in [2.75, 3.05) is 6.54 Å². The van der Waals surface area contributed by atoms with Crippen LogP contribution in [0.25, 0.3) is 0 Å². The minimum Gasteiger partial charge on any atom is -0.360 e. The fourth-order valence-electron chi connectivity index (χ4n) is 2.53. The first-order valence-electron chi connectivity index (χ1n) is 7.27. The van der Waals surface area contributed by atoms with Gasteiger partial charge in [-0.15, -0.1) is 0 Å². The van der Waals surface area contributed by atoms with Crippen LogP contribution in [-0.2, 0) is 0 Å². The highest BCUT2D eigenvalue weighted by Gasteiger charge is 2.29. The van der Waals surface area contributed by atoms with Gasteiger partial charge in [-0.05, 0) is 24.8 Å². The van der Waals surface area contributed by atoms with Crippen molar-refractivity contribution in [3.05, 3.63) is 35.9 Å². The fourth-order valence-corrected chi connectivity index (χ4v) is 3.66. The Balaban J connectivity index is 1.98. The van der Waals surface area contributed by atoms with Crippen molar-refractivity contribution in [2.24, 2.45) is 4.99 Å². The van der Waals surface area contributed by atoms with E-state index >= 15 is 0 Å². The van der Waals surface area contributed by atoms with E-state index in [1.54, 1.807) is 0 Å². The number of nitrogens with zero attached hydrogens (tertiary/aromatic N) is 1. The molecule has 2 rings (SSSR count). The summed E-state index contributed by atoms with van der Waals surface area (Å²) in [5, 5.41) is 5.29. The van der Waals surface area contributed by atoms with Gasteiger partial charge in [-0.25, -0.2) is 0 Å². The molecule has 1 unspecified atom stereocenters. The number of aliphatic imine (C=N–C) groups is 1. The molecule has 0 amide bonds.